The van der Waals surface area contributed by atoms with E-state index in [0.717, 1.165) is 43.7 Å². The summed E-state index contributed by atoms with van der Waals surface area (Å²) in [6, 6.07) is 15.4. The summed E-state index contributed by atoms with van der Waals surface area (Å²) in [5.74, 6) is -0.731. The highest BCUT2D eigenvalue weighted by Gasteiger charge is 2.22. The second-order valence-corrected chi connectivity index (χ2v) is 7.36. The van der Waals surface area contributed by atoms with Crippen molar-refractivity contribution in [3.63, 3.8) is 0 Å². The molecule has 28 heavy (non-hydrogen) atoms. The minimum Gasteiger partial charge on any atom is -0.348 e. The molecule has 2 heterocycles. The smallest absolute Gasteiger partial charge is 0.309 e. The van der Waals surface area contributed by atoms with Crippen molar-refractivity contribution in [2.45, 2.75) is 32.4 Å². The SMILES string of the molecule is CC(NC(=O)C(=O)NCC1CCN(Cc2ccccn2)CC1)c1ccccc1. The van der Waals surface area contributed by atoms with E-state index in [1.54, 1.807) is 0 Å². The number of likely N-dealkylation sites (tertiary alicyclic amines) is 1. The van der Waals surface area contributed by atoms with Crippen LogP contribution in [0, 0.1) is 5.92 Å². The number of hydrogen-bond acceptors (Lipinski definition) is 4. The molecule has 0 aliphatic carbocycles. The lowest BCUT2D eigenvalue weighted by atomic mass is 9.96. The third kappa shape index (κ3) is 5.89. The first-order valence-corrected chi connectivity index (χ1v) is 9.87. The lowest BCUT2D eigenvalue weighted by Gasteiger charge is -2.31. The van der Waals surface area contributed by atoms with Gasteiger partial charge in [-0.15, -0.1) is 0 Å². The van der Waals surface area contributed by atoms with Crippen LogP contribution in [-0.2, 0) is 16.1 Å². The Kier molecular flexibility index (Phi) is 7.14. The van der Waals surface area contributed by atoms with E-state index in [4.69, 9.17) is 0 Å². The molecule has 0 spiro atoms. The molecule has 1 unspecified atom stereocenters. The number of hydrogen-bond donors (Lipinski definition) is 2. The van der Waals surface area contributed by atoms with E-state index in [1.807, 2.05) is 61.7 Å². The molecule has 1 fully saturated rings. The first kappa shape index (κ1) is 20.0. The van der Waals surface area contributed by atoms with Gasteiger partial charge in [0.1, 0.15) is 0 Å². The van der Waals surface area contributed by atoms with Gasteiger partial charge in [0.2, 0.25) is 0 Å². The summed E-state index contributed by atoms with van der Waals surface area (Å²) in [6.45, 7) is 5.24. The molecule has 0 saturated carbocycles. The lowest BCUT2D eigenvalue weighted by molar-refractivity contribution is -0.139. The molecule has 6 nitrogen and oxygen atoms in total. The zero-order valence-electron chi connectivity index (χ0n) is 16.3. The van der Waals surface area contributed by atoms with E-state index in [2.05, 4.69) is 20.5 Å². The quantitative estimate of drug-likeness (QED) is 0.754. The number of piperidine rings is 1. The third-order valence-electron chi connectivity index (χ3n) is 5.22. The Hall–Kier alpha value is -2.73. The van der Waals surface area contributed by atoms with Crippen molar-refractivity contribution in [2.75, 3.05) is 19.6 Å². The van der Waals surface area contributed by atoms with Gasteiger partial charge in [-0.25, -0.2) is 0 Å². The van der Waals surface area contributed by atoms with Crippen LogP contribution in [0.1, 0.15) is 37.1 Å². The van der Waals surface area contributed by atoms with Gasteiger partial charge in [-0.2, -0.15) is 0 Å². The van der Waals surface area contributed by atoms with E-state index in [9.17, 15) is 9.59 Å². The Bertz CT molecular complexity index is 759. The average molecular weight is 380 g/mol. The molecular formula is C22H28N4O2. The van der Waals surface area contributed by atoms with Crippen LogP contribution < -0.4 is 10.6 Å². The molecular weight excluding hydrogens is 352 g/mol. The molecule has 3 rings (SSSR count). The van der Waals surface area contributed by atoms with Crippen molar-refractivity contribution in [1.82, 2.24) is 20.5 Å². The van der Waals surface area contributed by atoms with Gasteiger partial charge in [-0.1, -0.05) is 36.4 Å². The highest BCUT2D eigenvalue weighted by molar-refractivity contribution is 6.35. The van der Waals surface area contributed by atoms with Gasteiger partial charge in [0.05, 0.1) is 11.7 Å². The number of carbonyl (C=O) groups is 2. The van der Waals surface area contributed by atoms with Crippen molar-refractivity contribution in [2.24, 2.45) is 5.92 Å². The number of amides is 2. The Balaban J connectivity index is 1.36. The van der Waals surface area contributed by atoms with E-state index < -0.39 is 11.8 Å². The number of aromatic nitrogens is 1. The molecule has 0 bridgehead atoms. The average Bonchev–Trinajstić information content (AvgIpc) is 2.74. The Morgan fingerprint density at radius 1 is 1.07 bits per heavy atom. The summed E-state index contributed by atoms with van der Waals surface area (Å²) in [5.41, 5.74) is 2.06. The van der Waals surface area contributed by atoms with Gasteiger partial charge in [-0.05, 0) is 56.5 Å². The monoisotopic (exact) mass is 380 g/mol. The number of nitrogens with one attached hydrogen (secondary N) is 2. The predicted octanol–water partition coefficient (Wildman–Crippen LogP) is 2.29. The summed E-state index contributed by atoms with van der Waals surface area (Å²) >= 11 is 0. The summed E-state index contributed by atoms with van der Waals surface area (Å²) < 4.78 is 0. The van der Waals surface area contributed by atoms with Crippen LogP contribution in [0.25, 0.3) is 0 Å². The van der Waals surface area contributed by atoms with Gasteiger partial charge < -0.3 is 10.6 Å². The van der Waals surface area contributed by atoms with Gasteiger partial charge >= 0.3 is 11.8 Å². The topological polar surface area (TPSA) is 74.3 Å². The largest absolute Gasteiger partial charge is 0.348 e. The molecule has 6 heteroatoms. The number of rotatable bonds is 6. The van der Waals surface area contributed by atoms with E-state index in [0.29, 0.717) is 12.5 Å². The van der Waals surface area contributed by atoms with Crippen LogP contribution in [0.15, 0.2) is 54.7 Å². The number of pyridine rings is 1. The standard InChI is InChI=1S/C22H28N4O2/c1-17(19-7-3-2-4-8-19)25-22(28)21(27)24-15-18-10-13-26(14-11-18)16-20-9-5-6-12-23-20/h2-9,12,17-18H,10-11,13-16H2,1H3,(H,24,27)(H,25,28). The number of nitrogens with zero attached hydrogens (tertiary/aromatic N) is 2. The Labute approximate surface area is 166 Å². The van der Waals surface area contributed by atoms with Crippen molar-refractivity contribution >= 4 is 11.8 Å². The molecule has 2 N–H and O–H groups in total. The van der Waals surface area contributed by atoms with E-state index in [1.165, 1.54) is 0 Å². The molecule has 1 aromatic heterocycles. The zero-order valence-corrected chi connectivity index (χ0v) is 16.3. The van der Waals surface area contributed by atoms with Crippen LogP contribution >= 0.6 is 0 Å². The van der Waals surface area contributed by atoms with Crippen molar-refractivity contribution < 1.29 is 9.59 Å². The molecule has 2 amide bonds. The minimum atomic E-state index is -0.580. The predicted molar refractivity (Wildman–Crippen MR) is 108 cm³/mol. The van der Waals surface area contributed by atoms with E-state index in [-0.39, 0.29) is 6.04 Å². The molecule has 1 aromatic carbocycles. The molecule has 2 aromatic rings. The van der Waals surface area contributed by atoms with Crippen molar-refractivity contribution in [1.29, 1.82) is 0 Å². The highest BCUT2D eigenvalue weighted by atomic mass is 16.2. The molecule has 148 valence electrons. The maximum atomic E-state index is 12.1. The zero-order chi connectivity index (χ0) is 19.8. The maximum absolute atomic E-state index is 12.1. The molecule has 0 radical (unpaired) electrons. The fraction of sp³-hybridized carbons (Fsp3) is 0.409. The van der Waals surface area contributed by atoms with Crippen LogP contribution in [0.3, 0.4) is 0 Å². The van der Waals surface area contributed by atoms with Gasteiger partial charge in [0.25, 0.3) is 0 Å². The minimum absolute atomic E-state index is 0.200. The fourth-order valence-corrected chi connectivity index (χ4v) is 3.47. The molecule has 1 aliphatic rings. The second kappa shape index (κ2) is 9.99. The normalized spacial score (nSPS) is 16.3. The molecule has 1 aliphatic heterocycles. The Morgan fingerprint density at radius 3 is 2.46 bits per heavy atom. The molecule has 1 saturated heterocycles. The lowest BCUT2D eigenvalue weighted by Crippen LogP contribution is -2.44. The van der Waals surface area contributed by atoms with E-state index >= 15 is 0 Å². The highest BCUT2D eigenvalue weighted by Crippen LogP contribution is 2.18. The maximum Gasteiger partial charge on any atom is 0.309 e. The summed E-state index contributed by atoms with van der Waals surface area (Å²) in [5, 5.41) is 5.54. The second-order valence-electron chi connectivity index (χ2n) is 7.36. The summed E-state index contributed by atoms with van der Waals surface area (Å²) in [7, 11) is 0. The van der Waals surface area contributed by atoms with Gasteiger partial charge in [0, 0.05) is 19.3 Å². The van der Waals surface area contributed by atoms with Crippen LogP contribution in [0.4, 0.5) is 0 Å². The summed E-state index contributed by atoms with van der Waals surface area (Å²) in [6.07, 6.45) is 3.84. The third-order valence-corrected chi connectivity index (χ3v) is 5.22. The van der Waals surface area contributed by atoms with Gasteiger partial charge in [0.15, 0.2) is 0 Å². The van der Waals surface area contributed by atoms with Gasteiger partial charge in [-0.3, -0.25) is 19.5 Å². The van der Waals surface area contributed by atoms with Crippen molar-refractivity contribution in [3.05, 3.63) is 66.0 Å². The first-order chi connectivity index (χ1) is 13.6. The van der Waals surface area contributed by atoms with Crippen LogP contribution in [-0.4, -0.2) is 41.3 Å². The van der Waals surface area contributed by atoms with Crippen LogP contribution in [0.5, 0.6) is 0 Å². The van der Waals surface area contributed by atoms with Crippen LogP contribution in [0.2, 0.25) is 0 Å². The first-order valence-electron chi connectivity index (χ1n) is 9.87. The van der Waals surface area contributed by atoms with Crippen molar-refractivity contribution in [3.8, 4) is 0 Å². The molecule has 1 atom stereocenters. The summed E-state index contributed by atoms with van der Waals surface area (Å²) in [4.78, 5) is 31.0. The number of carbonyl (C=O) groups excluding carboxylic acids is 2. The fourth-order valence-electron chi connectivity index (χ4n) is 3.47. The Morgan fingerprint density at radius 2 is 1.79 bits per heavy atom. The number of benzene rings is 1.